The molecule has 0 spiro atoms. The lowest BCUT2D eigenvalue weighted by Crippen LogP contribution is -2.46. The van der Waals surface area contributed by atoms with Gasteiger partial charge in [0.1, 0.15) is 11.7 Å². The van der Waals surface area contributed by atoms with E-state index in [0.717, 1.165) is 5.56 Å². The first-order chi connectivity index (χ1) is 11.6. The van der Waals surface area contributed by atoms with Crippen molar-refractivity contribution in [2.45, 2.75) is 12.3 Å². The average Bonchev–Trinajstić information content (AvgIpc) is 2.56. The van der Waals surface area contributed by atoms with E-state index in [2.05, 4.69) is 10.6 Å². The van der Waals surface area contributed by atoms with E-state index in [9.17, 15) is 14.0 Å². The van der Waals surface area contributed by atoms with Crippen LogP contribution < -0.4 is 10.6 Å². The highest BCUT2D eigenvalue weighted by Gasteiger charge is 2.38. The quantitative estimate of drug-likeness (QED) is 0.837. The van der Waals surface area contributed by atoms with E-state index in [1.54, 1.807) is 24.3 Å². The van der Waals surface area contributed by atoms with E-state index in [1.807, 2.05) is 6.07 Å². The first-order valence-electron chi connectivity index (χ1n) is 7.65. The van der Waals surface area contributed by atoms with Gasteiger partial charge in [0.05, 0.1) is 5.69 Å². The van der Waals surface area contributed by atoms with Gasteiger partial charge in [-0.25, -0.2) is 4.39 Å². The molecule has 2 aromatic rings. The van der Waals surface area contributed by atoms with Gasteiger partial charge in [0.15, 0.2) is 0 Å². The third kappa shape index (κ3) is 3.41. The Morgan fingerprint density at radius 1 is 1.21 bits per heavy atom. The highest BCUT2D eigenvalue weighted by Crippen LogP contribution is 2.33. The first-order valence-corrected chi connectivity index (χ1v) is 8.02. The maximum absolute atomic E-state index is 13.8. The minimum absolute atomic E-state index is 0.0608. The number of para-hydroxylation sites is 1. The lowest BCUT2D eigenvalue weighted by Gasteiger charge is -2.30. The Balaban J connectivity index is 1.88. The molecule has 1 heterocycles. The van der Waals surface area contributed by atoms with Gasteiger partial charge in [0.25, 0.3) is 0 Å². The fourth-order valence-electron chi connectivity index (χ4n) is 2.98. The molecule has 1 saturated heterocycles. The smallest absolute Gasteiger partial charge is 0.237 e. The van der Waals surface area contributed by atoms with Crippen molar-refractivity contribution in [3.8, 4) is 0 Å². The van der Waals surface area contributed by atoms with Crippen molar-refractivity contribution >= 4 is 29.1 Å². The summed E-state index contributed by atoms with van der Waals surface area (Å²) in [5.74, 6) is -2.66. The number of nitrogens with one attached hydrogen (secondary N) is 2. The van der Waals surface area contributed by atoms with Crippen LogP contribution in [0.15, 0.2) is 48.5 Å². The Morgan fingerprint density at radius 2 is 2.00 bits per heavy atom. The van der Waals surface area contributed by atoms with E-state index < -0.39 is 17.6 Å². The van der Waals surface area contributed by atoms with E-state index in [1.165, 1.54) is 18.2 Å². The molecule has 0 aromatic heterocycles. The molecule has 2 atom stereocenters. The predicted molar refractivity (Wildman–Crippen MR) is 90.3 cm³/mol. The second-order valence-electron chi connectivity index (χ2n) is 5.69. The molecular weight excluding hydrogens is 331 g/mol. The van der Waals surface area contributed by atoms with Crippen molar-refractivity contribution < 1.29 is 14.0 Å². The molecule has 2 amide bonds. The van der Waals surface area contributed by atoms with Crippen LogP contribution in [-0.4, -0.2) is 18.4 Å². The number of piperidine rings is 1. The molecule has 0 aliphatic carbocycles. The summed E-state index contributed by atoms with van der Waals surface area (Å²) in [4.78, 5) is 24.9. The van der Waals surface area contributed by atoms with E-state index >= 15 is 0 Å². The highest BCUT2D eigenvalue weighted by molar-refractivity contribution is 6.30. The summed E-state index contributed by atoms with van der Waals surface area (Å²) in [7, 11) is 0. The molecule has 0 radical (unpaired) electrons. The summed E-state index contributed by atoms with van der Waals surface area (Å²) in [6, 6.07) is 13.0. The lowest BCUT2D eigenvalue weighted by molar-refractivity contribution is -0.135. The largest absolute Gasteiger partial charge is 0.355 e. The minimum Gasteiger partial charge on any atom is -0.355 e. The number of halogens is 2. The Hall–Kier alpha value is -2.40. The number of rotatable bonds is 3. The molecule has 1 fully saturated rings. The van der Waals surface area contributed by atoms with Gasteiger partial charge in [-0.2, -0.15) is 0 Å². The maximum Gasteiger partial charge on any atom is 0.237 e. The lowest BCUT2D eigenvalue weighted by atomic mass is 9.80. The number of carbonyl (C=O) groups excluding carboxylic acids is 2. The maximum atomic E-state index is 13.8. The second-order valence-corrected chi connectivity index (χ2v) is 6.12. The van der Waals surface area contributed by atoms with Gasteiger partial charge in [-0.15, -0.1) is 0 Å². The zero-order valence-electron chi connectivity index (χ0n) is 12.8. The topological polar surface area (TPSA) is 58.2 Å². The number of hydrogen-bond donors (Lipinski definition) is 2. The normalized spacial score (nSPS) is 20.3. The van der Waals surface area contributed by atoms with Gasteiger partial charge < -0.3 is 10.6 Å². The van der Waals surface area contributed by atoms with Crippen LogP contribution in [0, 0.1) is 11.7 Å². The standard InChI is InChI=1S/C18H16ClFN2O2/c19-12-5-3-4-11(10-12)13-8-9-21-17(23)16(13)18(24)22-15-7-2-1-6-14(15)20/h1-7,10,13,16H,8-9H2,(H,21,23)(H,22,24)/t13-,16-/m1/s1. The molecule has 3 rings (SSSR count). The molecule has 4 nitrogen and oxygen atoms in total. The van der Waals surface area contributed by atoms with Gasteiger partial charge in [0.2, 0.25) is 11.8 Å². The fraction of sp³-hybridized carbons (Fsp3) is 0.222. The molecule has 24 heavy (non-hydrogen) atoms. The SMILES string of the molecule is O=C1NCC[C@H](c2cccc(Cl)c2)[C@H]1C(=O)Nc1ccccc1F. The molecular formula is C18H16ClFN2O2. The molecule has 2 aromatic carbocycles. The number of benzene rings is 2. The van der Waals surface area contributed by atoms with E-state index in [4.69, 9.17) is 11.6 Å². The van der Waals surface area contributed by atoms with E-state index in [-0.39, 0.29) is 17.5 Å². The Kier molecular flexibility index (Phi) is 4.81. The molecule has 1 aliphatic heterocycles. The van der Waals surface area contributed by atoms with E-state index in [0.29, 0.717) is 18.0 Å². The second kappa shape index (κ2) is 7.01. The first kappa shape index (κ1) is 16.5. The van der Waals surface area contributed by atoms with Gasteiger partial charge >= 0.3 is 0 Å². The Labute approximate surface area is 144 Å². The zero-order chi connectivity index (χ0) is 17.1. The van der Waals surface area contributed by atoms with Gasteiger partial charge in [-0.1, -0.05) is 35.9 Å². The highest BCUT2D eigenvalue weighted by atomic mass is 35.5. The zero-order valence-corrected chi connectivity index (χ0v) is 13.5. The van der Waals surface area contributed by atoms with Gasteiger partial charge in [0, 0.05) is 17.5 Å². The Bertz CT molecular complexity index is 781. The van der Waals surface area contributed by atoms with Crippen LogP contribution in [0.3, 0.4) is 0 Å². The molecule has 0 bridgehead atoms. The molecule has 124 valence electrons. The summed E-state index contributed by atoms with van der Waals surface area (Å²) >= 11 is 6.03. The Morgan fingerprint density at radius 3 is 2.75 bits per heavy atom. The summed E-state index contributed by atoms with van der Waals surface area (Å²) < 4.78 is 13.8. The van der Waals surface area contributed by atoms with Crippen LogP contribution in [0.5, 0.6) is 0 Å². The minimum atomic E-state index is -0.933. The number of amides is 2. The summed E-state index contributed by atoms with van der Waals surface area (Å²) in [6.07, 6.45) is 0.613. The van der Waals surface area contributed by atoms with Crippen LogP contribution in [-0.2, 0) is 9.59 Å². The fourth-order valence-corrected chi connectivity index (χ4v) is 3.18. The summed E-state index contributed by atoms with van der Waals surface area (Å²) in [6.45, 7) is 0.486. The van der Waals surface area contributed by atoms with Crippen molar-refractivity contribution in [3.63, 3.8) is 0 Å². The van der Waals surface area contributed by atoms with Crippen LogP contribution in [0.2, 0.25) is 5.02 Å². The average molecular weight is 347 g/mol. The number of carbonyl (C=O) groups is 2. The van der Waals surface area contributed by atoms with Crippen LogP contribution in [0.25, 0.3) is 0 Å². The molecule has 0 unspecified atom stereocenters. The van der Waals surface area contributed by atoms with Crippen molar-refractivity contribution in [3.05, 3.63) is 64.9 Å². The van der Waals surface area contributed by atoms with Crippen molar-refractivity contribution in [1.82, 2.24) is 5.32 Å². The van der Waals surface area contributed by atoms with Crippen molar-refractivity contribution in [2.24, 2.45) is 5.92 Å². The molecule has 0 saturated carbocycles. The van der Waals surface area contributed by atoms with Gasteiger partial charge in [-0.3, -0.25) is 9.59 Å². The number of hydrogen-bond acceptors (Lipinski definition) is 2. The van der Waals surface area contributed by atoms with Crippen LogP contribution in [0.4, 0.5) is 10.1 Å². The monoisotopic (exact) mass is 346 g/mol. The van der Waals surface area contributed by atoms with Crippen molar-refractivity contribution in [1.29, 1.82) is 0 Å². The third-order valence-electron chi connectivity index (χ3n) is 4.13. The predicted octanol–water partition coefficient (Wildman–Crippen LogP) is 3.34. The molecule has 2 N–H and O–H groups in total. The van der Waals surface area contributed by atoms with Gasteiger partial charge in [-0.05, 0) is 36.2 Å². The summed E-state index contributed by atoms with van der Waals surface area (Å²) in [5.41, 5.74) is 0.886. The van der Waals surface area contributed by atoms with Crippen LogP contribution >= 0.6 is 11.6 Å². The molecule has 1 aliphatic rings. The number of anilines is 1. The summed E-state index contributed by atoms with van der Waals surface area (Å²) in [5, 5.41) is 5.77. The molecule has 6 heteroatoms. The van der Waals surface area contributed by atoms with Crippen molar-refractivity contribution in [2.75, 3.05) is 11.9 Å². The van der Waals surface area contributed by atoms with Crippen LogP contribution in [0.1, 0.15) is 17.9 Å². The third-order valence-corrected chi connectivity index (χ3v) is 4.37.